The molecule has 4 rings (SSSR count). The number of rotatable bonds is 2. The van der Waals surface area contributed by atoms with Gasteiger partial charge in [-0.25, -0.2) is 4.89 Å². The largest absolute Gasteiger partial charge is 0.553 e. The van der Waals surface area contributed by atoms with Gasteiger partial charge in [0.25, 0.3) is 5.79 Å². The molecule has 2 aliphatic rings. The molecule has 2 aromatic rings. The van der Waals surface area contributed by atoms with Crippen molar-refractivity contribution in [1.82, 2.24) is 0 Å². The molecule has 3 heterocycles. The van der Waals surface area contributed by atoms with E-state index in [0.717, 1.165) is 22.3 Å². The Morgan fingerprint density at radius 2 is 1.88 bits per heavy atom. The molecule has 2 fully saturated rings. The van der Waals surface area contributed by atoms with Crippen molar-refractivity contribution in [2.24, 2.45) is 10.8 Å². The average molecular weight is 362 g/mol. The average Bonchev–Trinajstić information content (AvgIpc) is 2.89. The van der Waals surface area contributed by atoms with Gasteiger partial charge in [0, 0.05) is 21.8 Å². The minimum absolute atomic E-state index is 0.208. The number of furan rings is 1. The van der Waals surface area contributed by atoms with Crippen LogP contribution in [0.5, 0.6) is 5.75 Å². The molecule has 0 spiro atoms. The van der Waals surface area contributed by atoms with E-state index in [0.29, 0.717) is 22.9 Å². The van der Waals surface area contributed by atoms with Crippen LogP contribution in [-0.4, -0.2) is 22.7 Å². The van der Waals surface area contributed by atoms with Crippen molar-refractivity contribution in [3.63, 3.8) is 0 Å². The van der Waals surface area contributed by atoms with Gasteiger partial charge < -0.3 is 13.6 Å². The van der Waals surface area contributed by atoms with E-state index in [2.05, 4.69) is 34.6 Å². The molecule has 0 bridgehead atoms. The van der Waals surface area contributed by atoms with Gasteiger partial charge in [0.2, 0.25) is 10.5 Å². The first-order valence-corrected chi connectivity index (χ1v) is 9.50. The molecule has 0 radical (unpaired) electrons. The molecule has 0 amide bonds. The normalized spacial score (nSPS) is 31.1. The Bertz CT molecular complexity index is 849. The van der Waals surface area contributed by atoms with Crippen LogP contribution >= 0.6 is 0 Å². The van der Waals surface area contributed by atoms with E-state index >= 15 is 0 Å². The van der Waals surface area contributed by atoms with Crippen LogP contribution in [0.4, 0.5) is 0 Å². The van der Waals surface area contributed by atoms with Gasteiger partial charge in [-0.1, -0.05) is 34.6 Å². The van der Waals surface area contributed by atoms with Crippen LogP contribution in [0.25, 0.3) is 11.0 Å². The molecule has 2 aliphatic heterocycles. The second kappa shape index (κ2) is 4.88. The monoisotopic (exact) mass is 362 g/mol. The number of aryl methyl sites for hydroxylation is 1. The Balaban J connectivity index is 1.95. The van der Waals surface area contributed by atoms with Crippen LogP contribution in [0.2, 0.25) is 0 Å². The summed E-state index contributed by atoms with van der Waals surface area (Å²) in [4.78, 5) is 11.6. The summed E-state index contributed by atoms with van der Waals surface area (Å²) in [5.41, 5.74) is 0.738. The Kier molecular flexibility index (Phi) is 3.34. The second-order valence-corrected chi connectivity index (χ2v) is 9.21. The summed E-state index contributed by atoms with van der Waals surface area (Å²) < 4.78 is 18.0. The molecular formula is C19H26O5Si. The Hall–Kier alpha value is -1.34. The highest BCUT2D eigenvalue weighted by atomic mass is 28.2. The minimum atomic E-state index is -1.03. The lowest BCUT2D eigenvalue weighted by atomic mass is 9.58. The summed E-state index contributed by atoms with van der Waals surface area (Å²) in [7, 11) is 0.650. The molecule has 0 saturated carbocycles. The van der Waals surface area contributed by atoms with Gasteiger partial charge in [0.05, 0.1) is 6.61 Å². The van der Waals surface area contributed by atoms with E-state index in [1.165, 1.54) is 0 Å². The van der Waals surface area contributed by atoms with Gasteiger partial charge in [-0.05, 0) is 25.1 Å². The van der Waals surface area contributed by atoms with E-state index in [1.807, 2.05) is 25.1 Å². The predicted molar refractivity (Wildman–Crippen MR) is 97.3 cm³/mol. The topological polar surface area (TPSA) is 50.1 Å². The lowest BCUT2D eigenvalue weighted by molar-refractivity contribution is -0.629. The fraction of sp³-hybridized carbons (Fsp3) is 0.579. The highest BCUT2D eigenvalue weighted by Gasteiger charge is 2.83. The molecule has 0 aliphatic carbocycles. The first-order chi connectivity index (χ1) is 11.6. The van der Waals surface area contributed by atoms with Crippen LogP contribution in [0, 0.1) is 17.8 Å². The van der Waals surface area contributed by atoms with Crippen molar-refractivity contribution in [2.45, 2.75) is 52.9 Å². The number of hydrogen-bond donors (Lipinski definition) is 0. The smallest absolute Gasteiger partial charge is 0.294 e. The van der Waals surface area contributed by atoms with Crippen molar-refractivity contribution in [3.05, 3.63) is 29.5 Å². The van der Waals surface area contributed by atoms with Crippen molar-refractivity contribution in [2.75, 3.05) is 6.61 Å². The molecular weight excluding hydrogens is 336 g/mol. The number of ether oxygens (including phenoxy) is 1. The number of hydrogen-bond acceptors (Lipinski definition) is 5. The molecule has 136 valence electrons. The van der Waals surface area contributed by atoms with E-state index < -0.39 is 11.4 Å². The maximum absolute atomic E-state index is 6.27. The van der Waals surface area contributed by atoms with Gasteiger partial charge in [0.15, 0.2) is 11.4 Å². The molecule has 5 nitrogen and oxygen atoms in total. The van der Waals surface area contributed by atoms with Crippen molar-refractivity contribution in [3.8, 4) is 5.75 Å². The van der Waals surface area contributed by atoms with Gasteiger partial charge in [0.1, 0.15) is 11.3 Å². The van der Waals surface area contributed by atoms with Crippen LogP contribution in [-0.2, 0) is 20.3 Å². The third-order valence-electron chi connectivity index (χ3n) is 5.84. The third kappa shape index (κ3) is 1.83. The first kappa shape index (κ1) is 17.1. The lowest BCUT2D eigenvalue weighted by Crippen LogP contribution is -2.73. The van der Waals surface area contributed by atoms with Gasteiger partial charge in [-0.15, -0.1) is 0 Å². The maximum atomic E-state index is 6.27. The third-order valence-corrected chi connectivity index (χ3v) is 6.31. The molecule has 25 heavy (non-hydrogen) atoms. The lowest BCUT2D eigenvalue weighted by Gasteiger charge is -2.60. The Morgan fingerprint density at radius 3 is 2.44 bits per heavy atom. The molecule has 2 unspecified atom stereocenters. The molecule has 2 saturated heterocycles. The summed E-state index contributed by atoms with van der Waals surface area (Å²) in [6, 6.07) is 5.88. The summed E-state index contributed by atoms with van der Waals surface area (Å²) in [6.07, 6.45) is 0. The van der Waals surface area contributed by atoms with Crippen molar-refractivity contribution in [1.29, 1.82) is 0 Å². The molecule has 6 heteroatoms. The predicted octanol–water partition coefficient (Wildman–Crippen LogP) is 3.36. The highest BCUT2D eigenvalue weighted by Crippen LogP contribution is 2.69. The number of fused-ring (bicyclic) bond motifs is 2. The van der Waals surface area contributed by atoms with Crippen LogP contribution in [0.3, 0.4) is 0 Å². The van der Waals surface area contributed by atoms with E-state index in [1.54, 1.807) is 0 Å². The first-order valence-electron chi connectivity index (χ1n) is 8.68. The van der Waals surface area contributed by atoms with Crippen LogP contribution in [0.1, 0.15) is 45.9 Å². The maximum Gasteiger partial charge on any atom is 0.294 e. The van der Waals surface area contributed by atoms with Gasteiger partial charge in [-0.2, -0.15) is 4.89 Å². The fourth-order valence-electron chi connectivity index (χ4n) is 4.81. The summed E-state index contributed by atoms with van der Waals surface area (Å²) in [5, 5.41) is 1.02. The Labute approximate surface area is 151 Å². The minimum Gasteiger partial charge on any atom is -0.553 e. The standard InChI is InChI=1S/C19H26O5Si/c1-11-13-9-12(22-25)7-8-14(13)21-15(11)18-19(24-23-18,16(2,3)4)17(5,6)10-20-18/h7-9H,10H2,1-6,25H3. The SMILES string of the molecule is Cc1c(C23OCC(C)(C)C2(C(C)(C)C)OO3)oc2ccc(O[SiH3])cc12. The van der Waals surface area contributed by atoms with Gasteiger partial charge >= 0.3 is 0 Å². The van der Waals surface area contributed by atoms with E-state index in [4.69, 9.17) is 23.4 Å². The fourth-order valence-corrected chi connectivity index (χ4v) is 5.06. The van der Waals surface area contributed by atoms with E-state index in [9.17, 15) is 0 Å². The zero-order valence-corrected chi connectivity index (χ0v) is 18.0. The number of benzene rings is 1. The highest BCUT2D eigenvalue weighted by molar-refractivity contribution is 6.00. The molecule has 0 N–H and O–H groups in total. The summed E-state index contributed by atoms with van der Waals surface area (Å²) in [6.45, 7) is 13.4. The zero-order chi connectivity index (χ0) is 18.3. The van der Waals surface area contributed by atoms with Crippen LogP contribution in [0.15, 0.2) is 22.6 Å². The van der Waals surface area contributed by atoms with Crippen LogP contribution < -0.4 is 4.43 Å². The molecule has 2 atom stereocenters. The van der Waals surface area contributed by atoms with Crippen molar-refractivity contribution >= 4 is 21.5 Å². The van der Waals surface area contributed by atoms with Crippen molar-refractivity contribution < 1.29 is 23.4 Å². The molecule has 1 aromatic heterocycles. The molecule has 1 aromatic carbocycles. The summed E-state index contributed by atoms with van der Waals surface area (Å²) >= 11 is 0. The van der Waals surface area contributed by atoms with Gasteiger partial charge in [-0.3, -0.25) is 0 Å². The summed E-state index contributed by atoms with van der Waals surface area (Å²) in [5.74, 6) is 0.521. The zero-order valence-electron chi connectivity index (χ0n) is 16.0. The van der Waals surface area contributed by atoms with E-state index in [-0.39, 0.29) is 10.8 Å². The Morgan fingerprint density at radius 1 is 1.16 bits per heavy atom. The second-order valence-electron chi connectivity index (χ2n) is 8.81. The quantitative estimate of drug-likeness (QED) is 0.606.